The number of hydrogen-bond donors (Lipinski definition) is 0. The van der Waals surface area contributed by atoms with Crippen LogP contribution in [0.4, 0.5) is 0 Å². The average Bonchev–Trinajstić information content (AvgIpc) is 3.57. The maximum absolute atomic E-state index is 5.33. The van der Waals surface area contributed by atoms with E-state index in [4.69, 9.17) is 15.0 Å². The molecule has 5 aromatic heterocycles. The Morgan fingerprint density at radius 3 is 2.29 bits per heavy atom. The molecule has 0 spiro atoms. The van der Waals surface area contributed by atoms with Crippen LogP contribution in [0.2, 0.25) is 0 Å². The molecule has 0 amide bonds. The lowest BCUT2D eigenvalue weighted by molar-refractivity contribution is 1.09. The third kappa shape index (κ3) is 2.60. The van der Waals surface area contributed by atoms with Crippen LogP contribution in [0.25, 0.3) is 65.0 Å². The van der Waals surface area contributed by atoms with Gasteiger partial charge in [0.1, 0.15) is 5.65 Å². The van der Waals surface area contributed by atoms with Crippen LogP contribution in [0.15, 0.2) is 103 Å². The summed E-state index contributed by atoms with van der Waals surface area (Å²) in [5, 5.41) is 4.22. The summed E-state index contributed by atoms with van der Waals surface area (Å²) < 4.78 is 5.56. The molecule has 6 heteroatoms. The molecule has 0 bridgehead atoms. The van der Waals surface area contributed by atoms with Gasteiger partial charge in [-0.2, -0.15) is 0 Å². The Labute approximate surface area is 203 Å². The number of para-hydroxylation sites is 3. The summed E-state index contributed by atoms with van der Waals surface area (Å²) in [7, 11) is 0. The number of pyridine rings is 2. The quantitative estimate of drug-likeness (QED) is 0.268. The Morgan fingerprint density at radius 2 is 1.37 bits per heavy atom. The van der Waals surface area contributed by atoms with Crippen LogP contribution in [0.3, 0.4) is 0 Å². The molecule has 0 aliphatic heterocycles. The third-order valence-corrected chi connectivity index (χ3v) is 7.63. The minimum Gasteiger partial charge on any atom is -0.294 e. The molecule has 0 saturated carbocycles. The molecular formula is C29H17N5S. The van der Waals surface area contributed by atoms with Crippen molar-refractivity contribution in [3.8, 4) is 10.8 Å². The predicted octanol–water partition coefficient (Wildman–Crippen LogP) is 7.28. The highest BCUT2D eigenvalue weighted by Crippen LogP contribution is 2.38. The third-order valence-electron chi connectivity index (χ3n) is 6.61. The van der Waals surface area contributed by atoms with Gasteiger partial charge >= 0.3 is 0 Å². The van der Waals surface area contributed by atoms with E-state index in [2.05, 4.69) is 88.0 Å². The molecule has 0 aliphatic rings. The zero-order chi connectivity index (χ0) is 22.9. The maximum Gasteiger partial charge on any atom is 0.196 e. The van der Waals surface area contributed by atoms with Gasteiger partial charge in [0.2, 0.25) is 0 Å². The van der Waals surface area contributed by atoms with Crippen LogP contribution in [-0.2, 0) is 0 Å². The summed E-state index contributed by atoms with van der Waals surface area (Å²) in [5.74, 6) is 0. The maximum atomic E-state index is 5.33. The predicted molar refractivity (Wildman–Crippen MR) is 144 cm³/mol. The van der Waals surface area contributed by atoms with E-state index in [-0.39, 0.29) is 0 Å². The molecule has 0 fully saturated rings. The molecule has 0 saturated heterocycles. The van der Waals surface area contributed by atoms with Crippen molar-refractivity contribution >= 4 is 65.6 Å². The second-order valence-corrected chi connectivity index (χ2v) is 9.60. The number of rotatable bonds is 2. The van der Waals surface area contributed by atoms with Gasteiger partial charge in [-0.25, -0.2) is 9.97 Å². The minimum absolute atomic E-state index is 0.866. The molecule has 0 aliphatic carbocycles. The SMILES string of the molecule is c1ccc(-n2c3ccccc3c3cc4c5ncccc5n(-c5nc6ccccc6s5)c4nc32)cc1. The summed E-state index contributed by atoms with van der Waals surface area (Å²) in [6.07, 6.45) is 1.85. The second kappa shape index (κ2) is 6.98. The van der Waals surface area contributed by atoms with E-state index in [0.29, 0.717) is 0 Å². The van der Waals surface area contributed by atoms with E-state index in [1.54, 1.807) is 11.3 Å². The summed E-state index contributed by atoms with van der Waals surface area (Å²) >= 11 is 1.67. The van der Waals surface area contributed by atoms with Crippen molar-refractivity contribution in [2.24, 2.45) is 0 Å². The Balaban J connectivity index is 1.57. The van der Waals surface area contributed by atoms with E-state index >= 15 is 0 Å². The van der Waals surface area contributed by atoms with Crippen molar-refractivity contribution in [3.63, 3.8) is 0 Å². The monoisotopic (exact) mass is 467 g/mol. The van der Waals surface area contributed by atoms with E-state index in [1.165, 1.54) is 5.39 Å². The van der Waals surface area contributed by atoms with Crippen LogP contribution in [0, 0.1) is 0 Å². The minimum atomic E-state index is 0.866. The Hall–Kier alpha value is -4.55. The molecule has 5 heterocycles. The van der Waals surface area contributed by atoms with Crippen molar-refractivity contribution in [2.75, 3.05) is 0 Å². The van der Waals surface area contributed by atoms with Gasteiger partial charge in [-0.15, -0.1) is 0 Å². The average molecular weight is 468 g/mol. The largest absolute Gasteiger partial charge is 0.294 e. The van der Waals surface area contributed by atoms with Gasteiger partial charge in [-0.05, 0) is 48.5 Å². The first-order chi connectivity index (χ1) is 17.4. The van der Waals surface area contributed by atoms with Gasteiger partial charge in [0.05, 0.1) is 26.8 Å². The van der Waals surface area contributed by atoms with E-state index in [0.717, 1.165) is 59.7 Å². The van der Waals surface area contributed by atoms with Gasteiger partial charge in [-0.3, -0.25) is 14.1 Å². The zero-order valence-corrected chi connectivity index (χ0v) is 19.3. The number of aromatic nitrogens is 5. The number of benzene rings is 3. The molecule has 35 heavy (non-hydrogen) atoms. The van der Waals surface area contributed by atoms with E-state index in [1.807, 2.05) is 24.4 Å². The lowest BCUT2D eigenvalue weighted by atomic mass is 10.1. The molecule has 0 N–H and O–H groups in total. The molecule has 8 aromatic rings. The van der Waals surface area contributed by atoms with Crippen LogP contribution in [-0.4, -0.2) is 24.1 Å². The van der Waals surface area contributed by atoms with E-state index < -0.39 is 0 Å². The number of fused-ring (bicyclic) bond motifs is 7. The van der Waals surface area contributed by atoms with Crippen molar-refractivity contribution < 1.29 is 0 Å². The second-order valence-electron chi connectivity index (χ2n) is 8.59. The lowest BCUT2D eigenvalue weighted by Crippen LogP contribution is -1.98. The molecule has 8 rings (SSSR count). The molecular weight excluding hydrogens is 450 g/mol. The molecule has 0 unspecified atom stereocenters. The van der Waals surface area contributed by atoms with Crippen molar-refractivity contribution in [1.82, 2.24) is 24.1 Å². The van der Waals surface area contributed by atoms with Gasteiger partial charge in [0, 0.05) is 28.0 Å². The smallest absolute Gasteiger partial charge is 0.196 e. The molecule has 164 valence electrons. The van der Waals surface area contributed by atoms with E-state index in [9.17, 15) is 0 Å². The van der Waals surface area contributed by atoms with Crippen LogP contribution >= 0.6 is 11.3 Å². The first-order valence-electron chi connectivity index (χ1n) is 11.5. The van der Waals surface area contributed by atoms with Crippen molar-refractivity contribution in [3.05, 3.63) is 103 Å². The normalized spacial score (nSPS) is 12.0. The molecule has 0 atom stereocenters. The first kappa shape index (κ1) is 18.8. The first-order valence-corrected chi connectivity index (χ1v) is 12.3. The summed E-state index contributed by atoms with van der Waals surface area (Å²) in [5.41, 5.74) is 6.96. The highest BCUT2D eigenvalue weighted by Gasteiger charge is 2.21. The van der Waals surface area contributed by atoms with Crippen LogP contribution in [0.5, 0.6) is 0 Å². The van der Waals surface area contributed by atoms with Crippen LogP contribution < -0.4 is 0 Å². The fourth-order valence-corrected chi connectivity index (χ4v) is 6.09. The highest BCUT2D eigenvalue weighted by atomic mass is 32.1. The molecule has 3 aromatic carbocycles. The summed E-state index contributed by atoms with van der Waals surface area (Å²) in [6.45, 7) is 0. The topological polar surface area (TPSA) is 48.5 Å². The van der Waals surface area contributed by atoms with Crippen molar-refractivity contribution in [2.45, 2.75) is 0 Å². The number of hydrogen-bond acceptors (Lipinski definition) is 4. The van der Waals surface area contributed by atoms with Crippen LogP contribution in [0.1, 0.15) is 0 Å². The van der Waals surface area contributed by atoms with Gasteiger partial charge in [0.15, 0.2) is 10.8 Å². The van der Waals surface area contributed by atoms with Gasteiger partial charge in [0.25, 0.3) is 0 Å². The molecule has 5 nitrogen and oxygen atoms in total. The Kier molecular flexibility index (Phi) is 3.75. The number of thiazole rings is 1. The fraction of sp³-hybridized carbons (Fsp3) is 0. The summed E-state index contributed by atoms with van der Waals surface area (Å²) in [4.78, 5) is 15.1. The molecule has 0 radical (unpaired) electrons. The number of nitrogens with zero attached hydrogens (tertiary/aromatic N) is 5. The zero-order valence-electron chi connectivity index (χ0n) is 18.5. The van der Waals surface area contributed by atoms with Gasteiger partial charge < -0.3 is 0 Å². The Morgan fingerprint density at radius 1 is 0.600 bits per heavy atom. The lowest BCUT2D eigenvalue weighted by Gasteiger charge is -2.07. The Bertz CT molecular complexity index is 2030. The standard InChI is InChI=1S/C29H17N5S/c1-2-9-18(10-3-1)33-23-13-6-4-11-19(23)20-17-21-26-24(14-8-16-30-26)34(28(21)32-27(20)33)29-31-22-12-5-7-15-25(22)35-29/h1-17H. The summed E-state index contributed by atoms with van der Waals surface area (Å²) in [6, 6.07) is 33.5. The fourth-order valence-electron chi connectivity index (χ4n) is 5.10. The van der Waals surface area contributed by atoms with Crippen molar-refractivity contribution in [1.29, 1.82) is 0 Å². The highest BCUT2D eigenvalue weighted by molar-refractivity contribution is 7.20. The van der Waals surface area contributed by atoms with Gasteiger partial charge in [-0.1, -0.05) is 59.9 Å².